The summed E-state index contributed by atoms with van der Waals surface area (Å²) in [6.07, 6.45) is -2.24. The van der Waals surface area contributed by atoms with Gasteiger partial charge >= 0.3 is 6.18 Å². The van der Waals surface area contributed by atoms with Crippen LogP contribution in [0.15, 0.2) is 0 Å². The first-order chi connectivity index (χ1) is 7.13. The van der Waals surface area contributed by atoms with Crippen molar-refractivity contribution in [2.45, 2.75) is 38.0 Å². The number of nitrogens with one attached hydrogen (secondary N) is 1. The van der Waals surface area contributed by atoms with Crippen LogP contribution in [0, 0.1) is 0 Å². The van der Waals surface area contributed by atoms with Crippen LogP contribution in [0.2, 0.25) is 0 Å². The van der Waals surface area contributed by atoms with Gasteiger partial charge in [-0.3, -0.25) is 4.79 Å². The van der Waals surface area contributed by atoms with E-state index in [1.54, 1.807) is 18.7 Å². The van der Waals surface area contributed by atoms with Crippen LogP contribution < -0.4 is 11.1 Å². The van der Waals surface area contributed by atoms with E-state index in [1.807, 2.05) is 6.26 Å². The Morgan fingerprint density at radius 1 is 1.50 bits per heavy atom. The number of carbonyl (C=O) groups is 1. The van der Waals surface area contributed by atoms with Crippen LogP contribution >= 0.6 is 11.8 Å². The van der Waals surface area contributed by atoms with E-state index >= 15 is 0 Å². The Morgan fingerprint density at radius 3 is 2.38 bits per heavy atom. The van der Waals surface area contributed by atoms with E-state index in [0.717, 1.165) is 5.75 Å². The summed E-state index contributed by atoms with van der Waals surface area (Å²) >= 11 is 1.57. The van der Waals surface area contributed by atoms with Gasteiger partial charge in [0.15, 0.2) is 5.54 Å². The van der Waals surface area contributed by atoms with Gasteiger partial charge in [-0.1, -0.05) is 0 Å². The fourth-order valence-electron chi connectivity index (χ4n) is 0.869. The molecule has 16 heavy (non-hydrogen) atoms. The normalized spacial score (nSPS) is 17.7. The highest BCUT2D eigenvalue weighted by molar-refractivity contribution is 7.98. The minimum atomic E-state index is -4.74. The van der Waals surface area contributed by atoms with Crippen LogP contribution in [-0.2, 0) is 4.79 Å². The number of alkyl halides is 3. The summed E-state index contributed by atoms with van der Waals surface area (Å²) in [5, 5.41) is 2.26. The lowest BCUT2D eigenvalue weighted by atomic mass is 10.0. The summed E-state index contributed by atoms with van der Waals surface area (Å²) in [6.45, 7) is 2.32. The van der Waals surface area contributed by atoms with E-state index < -0.39 is 17.6 Å². The Hall–Kier alpha value is -0.430. The molecule has 0 aromatic rings. The van der Waals surface area contributed by atoms with Crippen molar-refractivity contribution < 1.29 is 18.0 Å². The summed E-state index contributed by atoms with van der Waals surface area (Å²) in [4.78, 5) is 11.3. The van der Waals surface area contributed by atoms with Crippen molar-refractivity contribution in [3.8, 4) is 0 Å². The molecule has 0 aliphatic heterocycles. The van der Waals surface area contributed by atoms with Crippen molar-refractivity contribution >= 4 is 17.7 Å². The van der Waals surface area contributed by atoms with Gasteiger partial charge in [-0.05, 0) is 32.3 Å². The molecule has 96 valence electrons. The number of rotatable bonds is 5. The molecule has 0 saturated heterocycles. The second-order valence-electron chi connectivity index (χ2n) is 3.86. The highest BCUT2D eigenvalue weighted by atomic mass is 32.2. The van der Waals surface area contributed by atoms with E-state index in [-0.39, 0.29) is 6.04 Å². The van der Waals surface area contributed by atoms with E-state index in [4.69, 9.17) is 5.73 Å². The number of amides is 1. The monoisotopic (exact) mass is 258 g/mol. The minimum absolute atomic E-state index is 0.315. The first kappa shape index (κ1) is 15.6. The molecule has 0 fully saturated rings. The first-order valence-electron chi connectivity index (χ1n) is 4.78. The van der Waals surface area contributed by atoms with Gasteiger partial charge in [0.1, 0.15) is 0 Å². The maximum Gasteiger partial charge on any atom is 0.415 e. The molecule has 3 N–H and O–H groups in total. The maximum absolute atomic E-state index is 12.4. The lowest BCUT2D eigenvalue weighted by molar-refractivity contribution is -0.187. The summed E-state index contributed by atoms with van der Waals surface area (Å²) in [5.41, 5.74) is 2.14. The molecule has 0 radical (unpaired) electrons. The molecule has 2 atom stereocenters. The van der Waals surface area contributed by atoms with Gasteiger partial charge in [0.25, 0.3) is 0 Å². The van der Waals surface area contributed by atoms with Crippen LogP contribution in [0.25, 0.3) is 0 Å². The summed E-state index contributed by atoms with van der Waals surface area (Å²) in [5.74, 6) is -0.414. The fraction of sp³-hybridized carbons (Fsp3) is 0.889. The zero-order chi connectivity index (χ0) is 13.0. The van der Waals surface area contributed by atoms with Crippen LogP contribution in [0.5, 0.6) is 0 Å². The Kier molecular flexibility index (Phi) is 5.61. The fourth-order valence-corrected chi connectivity index (χ4v) is 1.46. The van der Waals surface area contributed by atoms with Crippen LogP contribution in [0.1, 0.15) is 20.3 Å². The third-order valence-corrected chi connectivity index (χ3v) is 2.84. The van der Waals surface area contributed by atoms with Crippen molar-refractivity contribution in [1.82, 2.24) is 5.32 Å². The van der Waals surface area contributed by atoms with Crippen LogP contribution in [0.4, 0.5) is 13.2 Å². The van der Waals surface area contributed by atoms with E-state index in [1.165, 1.54) is 0 Å². The Balaban J connectivity index is 4.35. The second kappa shape index (κ2) is 5.77. The van der Waals surface area contributed by atoms with Crippen LogP contribution in [0.3, 0.4) is 0 Å². The zero-order valence-corrected chi connectivity index (χ0v) is 10.3. The van der Waals surface area contributed by atoms with Crippen molar-refractivity contribution in [3.05, 3.63) is 0 Å². The SMILES string of the molecule is CSCCC(C)NC(=O)C(C)(N)C(F)(F)F. The maximum atomic E-state index is 12.4. The summed E-state index contributed by atoms with van der Waals surface area (Å²) in [7, 11) is 0. The van der Waals surface area contributed by atoms with Crippen molar-refractivity contribution in [3.63, 3.8) is 0 Å². The predicted molar refractivity (Wildman–Crippen MR) is 59.3 cm³/mol. The first-order valence-corrected chi connectivity index (χ1v) is 6.17. The summed E-state index contributed by atoms with van der Waals surface area (Å²) < 4.78 is 37.2. The molecule has 0 bridgehead atoms. The molecule has 0 saturated carbocycles. The average Bonchev–Trinajstić information content (AvgIpc) is 2.12. The summed E-state index contributed by atoms with van der Waals surface area (Å²) in [6, 6.07) is -0.315. The van der Waals surface area contributed by atoms with Crippen molar-refractivity contribution in [1.29, 1.82) is 0 Å². The van der Waals surface area contributed by atoms with E-state index in [2.05, 4.69) is 5.32 Å². The number of hydrogen-bond acceptors (Lipinski definition) is 3. The molecule has 2 unspecified atom stereocenters. The zero-order valence-electron chi connectivity index (χ0n) is 9.52. The molecule has 3 nitrogen and oxygen atoms in total. The van der Waals surface area contributed by atoms with E-state index in [9.17, 15) is 18.0 Å². The van der Waals surface area contributed by atoms with Gasteiger partial charge in [0.2, 0.25) is 5.91 Å². The molecular formula is C9H17F3N2OS. The van der Waals surface area contributed by atoms with Crippen molar-refractivity contribution in [2.24, 2.45) is 5.73 Å². The highest BCUT2D eigenvalue weighted by Gasteiger charge is 2.54. The molecule has 0 aromatic carbocycles. The minimum Gasteiger partial charge on any atom is -0.352 e. The Bertz CT molecular complexity index is 243. The molecule has 0 aliphatic rings. The van der Waals surface area contributed by atoms with Gasteiger partial charge in [0, 0.05) is 6.04 Å². The van der Waals surface area contributed by atoms with Gasteiger partial charge in [0.05, 0.1) is 0 Å². The van der Waals surface area contributed by atoms with E-state index in [0.29, 0.717) is 13.3 Å². The highest BCUT2D eigenvalue weighted by Crippen LogP contribution is 2.28. The number of halogens is 3. The topological polar surface area (TPSA) is 55.1 Å². The Labute approximate surface area is 97.3 Å². The van der Waals surface area contributed by atoms with Gasteiger partial charge in [-0.25, -0.2) is 0 Å². The molecule has 0 rings (SSSR count). The van der Waals surface area contributed by atoms with Crippen LogP contribution in [-0.4, -0.2) is 35.7 Å². The van der Waals surface area contributed by atoms with Gasteiger partial charge in [-0.2, -0.15) is 24.9 Å². The molecular weight excluding hydrogens is 241 g/mol. The lowest BCUT2D eigenvalue weighted by Crippen LogP contribution is -2.62. The smallest absolute Gasteiger partial charge is 0.352 e. The molecule has 0 aliphatic carbocycles. The third-order valence-electron chi connectivity index (χ3n) is 2.19. The lowest BCUT2D eigenvalue weighted by Gasteiger charge is -2.27. The average molecular weight is 258 g/mol. The molecule has 1 amide bonds. The quantitative estimate of drug-likeness (QED) is 0.786. The van der Waals surface area contributed by atoms with Crippen molar-refractivity contribution in [2.75, 3.05) is 12.0 Å². The number of carbonyl (C=O) groups excluding carboxylic acids is 1. The molecule has 0 aromatic heterocycles. The second-order valence-corrected chi connectivity index (χ2v) is 4.84. The number of nitrogens with two attached hydrogens (primary N) is 1. The number of hydrogen-bond donors (Lipinski definition) is 2. The van der Waals surface area contributed by atoms with Gasteiger partial charge in [-0.15, -0.1) is 0 Å². The predicted octanol–water partition coefficient (Wildman–Crippen LogP) is 1.52. The largest absolute Gasteiger partial charge is 0.415 e. The third kappa shape index (κ3) is 4.21. The standard InChI is InChI=1S/C9H17F3N2OS/c1-6(4-5-16-3)14-7(15)8(2,13)9(10,11)12/h6H,4-5,13H2,1-3H3,(H,14,15). The molecule has 0 heterocycles. The molecule has 7 heteroatoms. The Morgan fingerprint density at radius 2 is 2.00 bits per heavy atom. The molecule has 0 spiro atoms. The van der Waals surface area contributed by atoms with Gasteiger partial charge < -0.3 is 11.1 Å². The number of thioether (sulfide) groups is 1.